The number of rotatable bonds is 3. The van der Waals surface area contributed by atoms with Gasteiger partial charge in [-0.1, -0.05) is 29.8 Å². The molecule has 0 aromatic heterocycles. The molecular formula is C20H27N3O5. The number of likely N-dealkylation sites (N-methyl/N-ethyl adjacent to an activating group) is 1. The van der Waals surface area contributed by atoms with E-state index in [1.807, 2.05) is 31.2 Å². The van der Waals surface area contributed by atoms with Crippen molar-refractivity contribution in [2.75, 3.05) is 46.4 Å². The van der Waals surface area contributed by atoms with E-state index in [1.54, 1.807) is 28.7 Å². The zero-order chi connectivity index (χ0) is 20.3. The lowest BCUT2D eigenvalue weighted by atomic mass is 9.96. The van der Waals surface area contributed by atoms with Crippen LogP contribution in [0.2, 0.25) is 0 Å². The van der Waals surface area contributed by atoms with E-state index in [9.17, 15) is 14.4 Å². The van der Waals surface area contributed by atoms with Gasteiger partial charge in [-0.05, 0) is 19.4 Å². The first-order valence-corrected chi connectivity index (χ1v) is 9.56. The maximum atomic E-state index is 13.2. The molecule has 2 heterocycles. The highest BCUT2D eigenvalue weighted by atomic mass is 16.6. The topological polar surface area (TPSA) is 79.4 Å². The minimum Gasteiger partial charge on any atom is -0.450 e. The molecular weight excluding hydrogens is 362 g/mol. The number of ether oxygens (including phenoxy) is 2. The average Bonchev–Trinajstić information content (AvgIpc) is 2.70. The van der Waals surface area contributed by atoms with E-state index in [0.29, 0.717) is 32.8 Å². The van der Waals surface area contributed by atoms with Gasteiger partial charge in [0.25, 0.3) is 5.91 Å². The zero-order valence-corrected chi connectivity index (χ0v) is 16.6. The van der Waals surface area contributed by atoms with Crippen molar-refractivity contribution in [2.45, 2.75) is 26.0 Å². The molecule has 2 aliphatic heterocycles. The molecule has 0 spiro atoms. The van der Waals surface area contributed by atoms with Gasteiger partial charge in [0.1, 0.15) is 6.61 Å². The Morgan fingerprint density at radius 1 is 1.11 bits per heavy atom. The third kappa shape index (κ3) is 4.11. The number of hydrogen-bond acceptors (Lipinski definition) is 5. The summed E-state index contributed by atoms with van der Waals surface area (Å²) in [5.41, 5.74) is 1.97. The first-order valence-electron chi connectivity index (χ1n) is 9.56. The predicted molar refractivity (Wildman–Crippen MR) is 102 cm³/mol. The van der Waals surface area contributed by atoms with Gasteiger partial charge in [-0.3, -0.25) is 9.59 Å². The molecule has 8 heteroatoms. The summed E-state index contributed by atoms with van der Waals surface area (Å²) in [5.74, 6) is -0.310. The quantitative estimate of drug-likeness (QED) is 0.776. The van der Waals surface area contributed by atoms with E-state index < -0.39 is 12.1 Å². The molecule has 2 saturated heterocycles. The number of morpholine rings is 1. The molecule has 0 unspecified atom stereocenters. The van der Waals surface area contributed by atoms with Crippen LogP contribution in [0.15, 0.2) is 24.3 Å². The van der Waals surface area contributed by atoms with Gasteiger partial charge >= 0.3 is 6.09 Å². The number of hydrogen-bond donors (Lipinski definition) is 0. The highest BCUT2D eigenvalue weighted by Crippen LogP contribution is 2.30. The molecule has 8 nitrogen and oxygen atoms in total. The van der Waals surface area contributed by atoms with Gasteiger partial charge in [0.15, 0.2) is 6.10 Å². The maximum absolute atomic E-state index is 13.2. The van der Waals surface area contributed by atoms with Crippen LogP contribution in [0.1, 0.15) is 24.1 Å². The molecule has 152 valence electrons. The Morgan fingerprint density at radius 2 is 1.71 bits per heavy atom. The Kier molecular flexibility index (Phi) is 6.18. The molecule has 0 saturated carbocycles. The van der Waals surface area contributed by atoms with Crippen molar-refractivity contribution in [3.8, 4) is 0 Å². The van der Waals surface area contributed by atoms with E-state index in [0.717, 1.165) is 11.1 Å². The van der Waals surface area contributed by atoms with Crippen LogP contribution in [0, 0.1) is 6.92 Å². The first kappa shape index (κ1) is 20.1. The normalized spacial score (nSPS) is 23.0. The highest BCUT2D eigenvalue weighted by molar-refractivity contribution is 5.86. The van der Waals surface area contributed by atoms with E-state index in [2.05, 4.69) is 0 Å². The lowest BCUT2D eigenvalue weighted by Gasteiger charge is -2.42. The van der Waals surface area contributed by atoms with Crippen LogP contribution in [0.4, 0.5) is 4.79 Å². The second-order valence-corrected chi connectivity index (χ2v) is 7.10. The largest absolute Gasteiger partial charge is 0.450 e. The highest BCUT2D eigenvalue weighted by Gasteiger charge is 2.42. The minimum absolute atomic E-state index is 0.113. The number of carbonyl (C=O) groups is 3. The Hall–Kier alpha value is -2.61. The predicted octanol–water partition coefficient (Wildman–Crippen LogP) is 1.19. The summed E-state index contributed by atoms with van der Waals surface area (Å²) in [6.07, 6.45) is -1.12. The van der Waals surface area contributed by atoms with Gasteiger partial charge in [-0.15, -0.1) is 0 Å². The third-order valence-corrected chi connectivity index (χ3v) is 5.26. The summed E-state index contributed by atoms with van der Waals surface area (Å²) in [4.78, 5) is 42.1. The van der Waals surface area contributed by atoms with E-state index >= 15 is 0 Å². The molecule has 3 rings (SSSR count). The molecule has 2 fully saturated rings. The van der Waals surface area contributed by atoms with Crippen LogP contribution >= 0.6 is 0 Å². The van der Waals surface area contributed by atoms with Crippen molar-refractivity contribution in [1.29, 1.82) is 0 Å². The fourth-order valence-corrected chi connectivity index (χ4v) is 3.58. The molecule has 28 heavy (non-hydrogen) atoms. The van der Waals surface area contributed by atoms with Crippen LogP contribution in [0.25, 0.3) is 0 Å². The molecule has 1 aromatic rings. The van der Waals surface area contributed by atoms with Crippen molar-refractivity contribution in [1.82, 2.24) is 14.7 Å². The van der Waals surface area contributed by atoms with Crippen LogP contribution in [0.3, 0.4) is 0 Å². The van der Waals surface area contributed by atoms with Crippen LogP contribution < -0.4 is 0 Å². The van der Waals surface area contributed by atoms with E-state index in [-0.39, 0.29) is 24.5 Å². The second kappa shape index (κ2) is 8.60. The molecule has 2 atom stereocenters. The molecule has 1 aromatic carbocycles. The Balaban J connectivity index is 1.73. The van der Waals surface area contributed by atoms with Crippen molar-refractivity contribution < 1.29 is 23.9 Å². The lowest BCUT2D eigenvalue weighted by molar-refractivity contribution is -0.168. The van der Waals surface area contributed by atoms with Gasteiger partial charge in [-0.25, -0.2) is 4.79 Å². The maximum Gasteiger partial charge on any atom is 0.409 e. The summed E-state index contributed by atoms with van der Waals surface area (Å²) in [6.45, 7) is 5.63. The standard InChI is InChI=1S/C20H27N3O5/c1-4-27-20(26)23-11-9-22(10-12-23)19(25)18-17(21(3)16(24)13-28-18)15-7-5-14(2)6-8-15/h5-8,17-18H,4,9-13H2,1-3H3/t17-,18+/m1/s1. The number of nitrogens with zero attached hydrogens (tertiary/aromatic N) is 3. The Morgan fingerprint density at radius 3 is 2.32 bits per heavy atom. The fraction of sp³-hybridized carbons (Fsp3) is 0.550. The Bertz CT molecular complexity index is 728. The second-order valence-electron chi connectivity index (χ2n) is 7.10. The fourth-order valence-electron chi connectivity index (χ4n) is 3.58. The van der Waals surface area contributed by atoms with Gasteiger partial charge in [-0.2, -0.15) is 0 Å². The molecule has 0 bridgehead atoms. The number of amides is 3. The van der Waals surface area contributed by atoms with Crippen molar-refractivity contribution >= 4 is 17.9 Å². The van der Waals surface area contributed by atoms with Gasteiger partial charge in [0, 0.05) is 33.2 Å². The number of piperazine rings is 1. The van der Waals surface area contributed by atoms with Gasteiger partial charge in [0.05, 0.1) is 12.6 Å². The molecule has 0 radical (unpaired) electrons. The summed E-state index contributed by atoms with van der Waals surface area (Å²) >= 11 is 0. The van der Waals surface area contributed by atoms with E-state index in [1.165, 1.54) is 0 Å². The van der Waals surface area contributed by atoms with Crippen LogP contribution in [0.5, 0.6) is 0 Å². The third-order valence-electron chi connectivity index (χ3n) is 5.26. The summed E-state index contributed by atoms with van der Waals surface area (Å²) in [7, 11) is 1.70. The lowest BCUT2D eigenvalue weighted by Crippen LogP contribution is -2.57. The number of aryl methyl sites for hydroxylation is 1. The molecule has 0 aliphatic carbocycles. The Labute approximate surface area is 165 Å². The number of carbonyl (C=O) groups excluding carboxylic acids is 3. The molecule has 3 amide bonds. The SMILES string of the molecule is CCOC(=O)N1CCN(C(=O)[C@H]2OCC(=O)N(C)[C@@H]2c2ccc(C)cc2)CC1. The van der Waals surface area contributed by atoms with Crippen molar-refractivity contribution in [3.63, 3.8) is 0 Å². The van der Waals surface area contributed by atoms with Gasteiger partial charge < -0.3 is 24.2 Å². The summed E-state index contributed by atoms with van der Waals surface area (Å²) in [6, 6.07) is 7.30. The van der Waals surface area contributed by atoms with Crippen molar-refractivity contribution in [2.24, 2.45) is 0 Å². The molecule has 2 aliphatic rings. The minimum atomic E-state index is -0.764. The van der Waals surface area contributed by atoms with Crippen LogP contribution in [-0.2, 0) is 19.1 Å². The van der Waals surface area contributed by atoms with Crippen molar-refractivity contribution in [3.05, 3.63) is 35.4 Å². The summed E-state index contributed by atoms with van der Waals surface area (Å²) < 4.78 is 10.7. The zero-order valence-electron chi connectivity index (χ0n) is 16.6. The average molecular weight is 389 g/mol. The van der Waals surface area contributed by atoms with Gasteiger partial charge in [0.2, 0.25) is 5.91 Å². The summed E-state index contributed by atoms with van der Waals surface area (Å²) in [5, 5.41) is 0. The first-order chi connectivity index (χ1) is 13.4. The monoisotopic (exact) mass is 389 g/mol. The van der Waals surface area contributed by atoms with Crippen LogP contribution in [-0.4, -0.2) is 85.2 Å². The smallest absolute Gasteiger partial charge is 0.409 e. The number of benzene rings is 1. The van der Waals surface area contributed by atoms with E-state index in [4.69, 9.17) is 9.47 Å². The molecule has 0 N–H and O–H groups in total.